The summed E-state index contributed by atoms with van der Waals surface area (Å²) in [6, 6.07) is 7.47. The van der Waals surface area contributed by atoms with Crippen LogP contribution in [-0.2, 0) is 25.4 Å². The van der Waals surface area contributed by atoms with Crippen LogP contribution in [0.5, 0.6) is 0 Å². The van der Waals surface area contributed by atoms with Crippen LogP contribution in [0.15, 0.2) is 24.3 Å². The quantitative estimate of drug-likeness (QED) is 0.564. The highest BCUT2D eigenvalue weighted by molar-refractivity contribution is 5.72. The van der Waals surface area contributed by atoms with Crippen molar-refractivity contribution in [3.8, 4) is 0 Å². The Hall–Kier alpha value is -1.39. The van der Waals surface area contributed by atoms with E-state index in [0.29, 0.717) is 0 Å². The normalized spacial score (nSPS) is 10.5. The van der Waals surface area contributed by atoms with E-state index in [-0.39, 0.29) is 12.4 Å². The minimum Gasteiger partial charge on any atom is -0.469 e. The van der Waals surface area contributed by atoms with Crippen LogP contribution in [0.4, 0.5) is 0 Å². The van der Waals surface area contributed by atoms with E-state index in [1.165, 1.54) is 7.11 Å². The molecule has 0 aliphatic carbocycles. The summed E-state index contributed by atoms with van der Waals surface area (Å²) in [5.74, 6) is -0.279. The maximum Gasteiger partial charge on any atom is 0.309 e. The molecule has 0 unspecified atom stereocenters. The molecule has 1 aromatic rings. The average molecular weight is 224 g/mol. The van der Waals surface area contributed by atoms with Crippen molar-refractivity contribution < 1.29 is 19.0 Å². The third kappa shape index (κ3) is 3.05. The molecule has 0 saturated heterocycles. The van der Waals surface area contributed by atoms with E-state index in [4.69, 9.17) is 9.47 Å². The Kier molecular flexibility index (Phi) is 4.95. The fourth-order valence-corrected chi connectivity index (χ4v) is 1.50. The van der Waals surface area contributed by atoms with Crippen LogP contribution in [0, 0.1) is 0 Å². The zero-order chi connectivity index (χ0) is 12.0. The highest BCUT2D eigenvalue weighted by Gasteiger charge is 2.15. The molecule has 0 spiro atoms. The molecule has 0 aliphatic rings. The summed E-state index contributed by atoms with van der Waals surface area (Å²) in [5, 5.41) is 0. The molecule has 0 fully saturated rings. The highest BCUT2D eigenvalue weighted by atomic mass is 16.7. The standard InChI is InChI=1S/C12H16O4/c1-14-11(13)8-9-6-4-5-7-10(9)12(15-2)16-3/h4-7,12H,8H2,1-3H3. The van der Waals surface area contributed by atoms with E-state index in [9.17, 15) is 4.79 Å². The molecule has 1 aromatic carbocycles. The third-order valence-corrected chi connectivity index (χ3v) is 2.30. The molecule has 0 N–H and O–H groups in total. The predicted molar refractivity (Wildman–Crippen MR) is 58.9 cm³/mol. The largest absolute Gasteiger partial charge is 0.469 e. The van der Waals surface area contributed by atoms with E-state index in [0.717, 1.165) is 11.1 Å². The first-order valence-electron chi connectivity index (χ1n) is 4.93. The Bertz CT molecular complexity index is 345. The van der Waals surface area contributed by atoms with Gasteiger partial charge < -0.3 is 14.2 Å². The Morgan fingerprint density at radius 3 is 2.38 bits per heavy atom. The number of carbonyl (C=O) groups is 1. The number of benzene rings is 1. The molecule has 0 bridgehead atoms. The van der Waals surface area contributed by atoms with Crippen LogP contribution in [0.25, 0.3) is 0 Å². The Morgan fingerprint density at radius 2 is 1.81 bits per heavy atom. The lowest BCUT2D eigenvalue weighted by Crippen LogP contribution is -2.11. The minimum absolute atomic E-state index is 0.218. The van der Waals surface area contributed by atoms with Gasteiger partial charge in [0.15, 0.2) is 6.29 Å². The predicted octanol–water partition coefficient (Wildman–Crippen LogP) is 1.69. The summed E-state index contributed by atoms with van der Waals surface area (Å²) in [5.41, 5.74) is 1.70. The van der Waals surface area contributed by atoms with Gasteiger partial charge in [-0.25, -0.2) is 0 Å². The second kappa shape index (κ2) is 6.25. The molecule has 0 saturated carbocycles. The zero-order valence-corrected chi connectivity index (χ0v) is 9.73. The van der Waals surface area contributed by atoms with Gasteiger partial charge in [0.25, 0.3) is 0 Å². The van der Waals surface area contributed by atoms with Gasteiger partial charge in [-0.1, -0.05) is 24.3 Å². The average Bonchev–Trinajstić information content (AvgIpc) is 2.32. The first-order chi connectivity index (χ1) is 7.72. The van der Waals surface area contributed by atoms with E-state index in [1.54, 1.807) is 14.2 Å². The number of hydrogen-bond acceptors (Lipinski definition) is 4. The maximum absolute atomic E-state index is 11.2. The topological polar surface area (TPSA) is 44.8 Å². The van der Waals surface area contributed by atoms with Crippen LogP contribution in [0.2, 0.25) is 0 Å². The first-order valence-corrected chi connectivity index (χ1v) is 4.93. The van der Waals surface area contributed by atoms with E-state index < -0.39 is 6.29 Å². The molecule has 0 aliphatic heterocycles. The van der Waals surface area contributed by atoms with Gasteiger partial charge in [0, 0.05) is 19.8 Å². The fraction of sp³-hybridized carbons (Fsp3) is 0.417. The number of ether oxygens (including phenoxy) is 3. The smallest absolute Gasteiger partial charge is 0.309 e. The first kappa shape index (κ1) is 12.7. The van der Waals surface area contributed by atoms with Gasteiger partial charge in [-0.15, -0.1) is 0 Å². The lowest BCUT2D eigenvalue weighted by Gasteiger charge is -2.17. The van der Waals surface area contributed by atoms with Crippen molar-refractivity contribution in [2.24, 2.45) is 0 Å². The van der Waals surface area contributed by atoms with Crippen LogP contribution >= 0.6 is 0 Å². The summed E-state index contributed by atoms with van der Waals surface area (Å²) in [6.45, 7) is 0. The minimum atomic E-state index is -0.458. The van der Waals surface area contributed by atoms with Crippen LogP contribution in [0.3, 0.4) is 0 Å². The summed E-state index contributed by atoms with van der Waals surface area (Å²) < 4.78 is 15.0. The SMILES string of the molecule is COC(=O)Cc1ccccc1C(OC)OC. The summed E-state index contributed by atoms with van der Waals surface area (Å²) in [6.07, 6.45) is -0.239. The molecule has 1 rings (SSSR count). The van der Waals surface area contributed by atoms with Crippen LogP contribution in [0.1, 0.15) is 17.4 Å². The van der Waals surface area contributed by atoms with Crippen molar-refractivity contribution in [2.45, 2.75) is 12.7 Å². The highest BCUT2D eigenvalue weighted by Crippen LogP contribution is 2.22. The molecule has 0 heterocycles. The zero-order valence-electron chi connectivity index (χ0n) is 9.73. The maximum atomic E-state index is 11.2. The van der Waals surface area contributed by atoms with Crippen molar-refractivity contribution in [3.05, 3.63) is 35.4 Å². The monoisotopic (exact) mass is 224 g/mol. The summed E-state index contributed by atoms with van der Waals surface area (Å²) in [4.78, 5) is 11.2. The van der Waals surface area contributed by atoms with Gasteiger partial charge in [-0.05, 0) is 5.56 Å². The van der Waals surface area contributed by atoms with Gasteiger partial charge in [-0.2, -0.15) is 0 Å². The number of carbonyl (C=O) groups excluding carboxylic acids is 1. The number of hydrogen-bond donors (Lipinski definition) is 0. The lowest BCUT2D eigenvalue weighted by atomic mass is 10.0. The Balaban J connectivity index is 2.94. The van der Waals surface area contributed by atoms with Crippen molar-refractivity contribution in [2.75, 3.05) is 21.3 Å². The van der Waals surface area contributed by atoms with E-state index in [2.05, 4.69) is 4.74 Å². The van der Waals surface area contributed by atoms with Gasteiger partial charge in [0.2, 0.25) is 0 Å². The molecule has 0 atom stereocenters. The van der Waals surface area contributed by atoms with Gasteiger partial charge in [0.1, 0.15) is 0 Å². The fourth-order valence-electron chi connectivity index (χ4n) is 1.50. The number of esters is 1. The molecule has 16 heavy (non-hydrogen) atoms. The van der Waals surface area contributed by atoms with Crippen molar-refractivity contribution in [1.82, 2.24) is 0 Å². The molecule has 0 radical (unpaired) electrons. The van der Waals surface area contributed by atoms with Crippen LogP contribution < -0.4 is 0 Å². The van der Waals surface area contributed by atoms with Gasteiger partial charge in [-0.3, -0.25) is 4.79 Å². The number of methoxy groups -OCH3 is 3. The summed E-state index contributed by atoms with van der Waals surface area (Å²) in [7, 11) is 4.49. The molecule has 88 valence electrons. The molecule has 0 amide bonds. The Morgan fingerprint density at radius 1 is 1.19 bits per heavy atom. The van der Waals surface area contributed by atoms with Crippen LogP contribution in [-0.4, -0.2) is 27.3 Å². The van der Waals surface area contributed by atoms with Crippen molar-refractivity contribution >= 4 is 5.97 Å². The van der Waals surface area contributed by atoms with Crippen molar-refractivity contribution in [1.29, 1.82) is 0 Å². The van der Waals surface area contributed by atoms with Gasteiger partial charge in [0.05, 0.1) is 13.5 Å². The summed E-state index contributed by atoms with van der Waals surface area (Å²) >= 11 is 0. The van der Waals surface area contributed by atoms with Gasteiger partial charge >= 0.3 is 5.97 Å². The second-order valence-electron chi connectivity index (χ2n) is 3.26. The molecule has 4 nitrogen and oxygen atoms in total. The molecular formula is C12H16O4. The number of rotatable bonds is 5. The third-order valence-electron chi connectivity index (χ3n) is 2.30. The van der Waals surface area contributed by atoms with E-state index >= 15 is 0 Å². The second-order valence-corrected chi connectivity index (χ2v) is 3.26. The molecular weight excluding hydrogens is 208 g/mol. The lowest BCUT2D eigenvalue weighted by molar-refractivity contribution is -0.139. The molecule has 0 aromatic heterocycles. The Labute approximate surface area is 95.1 Å². The van der Waals surface area contributed by atoms with Crippen molar-refractivity contribution in [3.63, 3.8) is 0 Å². The molecule has 4 heteroatoms. The van der Waals surface area contributed by atoms with E-state index in [1.807, 2.05) is 24.3 Å².